The Bertz CT molecular complexity index is 342. The minimum Gasteiger partial charge on any atom is -0.468 e. The minimum atomic E-state index is -3.03. The molecule has 0 saturated carbocycles. The third kappa shape index (κ3) is 4.12. The van der Waals surface area contributed by atoms with Crippen LogP contribution in [0.5, 0.6) is 0 Å². The quantitative estimate of drug-likeness (QED) is 0.592. The normalized spacial score (nSPS) is 29.1. The molecule has 1 rings (SSSR count). The summed E-state index contributed by atoms with van der Waals surface area (Å²) in [7, 11) is -3.03. The molecule has 7 heteroatoms. The van der Waals surface area contributed by atoms with Crippen LogP contribution in [0.2, 0.25) is 0 Å². The lowest BCUT2D eigenvalue weighted by Gasteiger charge is -2.18. The van der Waals surface area contributed by atoms with Crippen LogP contribution in [0.25, 0.3) is 0 Å². The topological polar surface area (TPSA) is 55.4 Å². The number of sulfone groups is 1. The molecule has 15 heavy (non-hydrogen) atoms. The molecular weight excluding hydrogens is 258 g/mol. The Morgan fingerprint density at radius 2 is 2.13 bits per heavy atom. The van der Waals surface area contributed by atoms with Gasteiger partial charge in [-0.2, -0.15) is 0 Å². The van der Waals surface area contributed by atoms with Crippen LogP contribution in [-0.2, 0) is 14.6 Å². The molecular formula is C8H14ClNO3S2. The van der Waals surface area contributed by atoms with E-state index in [1.807, 2.05) is 13.8 Å². The van der Waals surface area contributed by atoms with Gasteiger partial charge in [0.1, 0.15) is 0 Å². The fourth-order valence-electron chi connectivity index (χ4n) is 1.34. The highest BCUT2D eigenvalue weighted by Crippen LogP contribution is 2.18. The van der Waals surface area contributed by atoms with Gasteiger partial charge in [-0.3, -0.25) is 0 Å². The number of nitrogens with one attached hydrogen (secondary N) is 1. The van der Waals surface area contributed by atoms with Gasteiger partial charge in [-0.05, 0) is 26.1 Å². The van der Waals surface area contributed by atoms with Crippen molar-refractivity contribution in [2.75, 3.05) is 11.5 Å². The maximum Gasteiger partial charge on any atom is 0.257 e. The van der Waals surface area contributed by atoms with Crippen molar-refractivity contribution in [3.8, 4) is 0 Å². The van der Waals surface area contributed by atoms with Gasteiger partial charge in [0.2, 0.25) is 0 Å². The van der Waals surface area contributed by atoms with E-state index in [1.165, 1.54) is 0 Å². The lowest BCUT2D eigenvalue weighted by atomic mass is 10.3. The highest BCUT2D eigenvalue weighted by atomic mass is 35.5. The largest absolute Gasteiger partial charge is 0.468 e. The first-order valence-corrected chi connectivity index (χ1v) is 7.28. The molecule has 4 nitrogen and oxygen atoms in total. The third-order valence-corrected chi connectivity index (χ3v) is 4.52. The number of thiocarbonyl (C=S) groups is 1. The lowest BCUT2D eigenvalue weighted by Crippen LogP contribution is -2.41. The second-order valence-corrected chi connectivity index (χ2v) is 6.88. The van der Waals surface area contributed by atoms with Crippen LogP contribution in [0.15, 0.2) is 0 Å². The molecule has 0 aromatic carbocycles. The van der Waals surface area contributed by atoms with Crippen molar-refractivity contribution in [3.63, 3.8) is 0 Å². The second kappa shape index (κ2) is 4.84. The monoisotopic (exact) mass is 271 g/mol. The van der Waals surface area contributed by atoms with E-state index in [2.05, 4.69) is 5.32 Å². The predicted octanol–water partition coefficient (Wildman–Crippen LogP) is 0.690. The summed E-state index contributed by atoms with van der Waals surface area (Å²) in [5.74, 6) is 0.0132. The number of hydrogen-bond acceptors (Lipinski definition) is 4. The van der Waals surface area contributed by atoms with E-state index in [1.54, 1.807) is 0 Å². The molecule has 0 unspecified atom stereocenters. The molecule has 0 aliphatic carbocycles. The highest BCUT2D eigenvalue weighted by Gasteiger charge is 2.37. The minimum absolute atomic E-state index is 0.00346. The van der Waals surface area contributed by atoms with Crippen molar-refractivity contribution < 1.29 is 13.2 Å². The van der Waals surface area contributed by atoms with E-state index in [4.69, 9.17) is 28.6 Å². The third-order valence-electron chi connectivity index (χ3n) is 1.93. The maximum absolute atomic E-state index is 11.2. The van der Waals surface area contributed by atoms with Crippen molar-refractivity contribution in [3.05, 3.63) is 0 Å². The van der Waals surface area contributed by atoms with Crippen LogP contribution in [0, 0.1) is 0 Å². The first-order valence-electron chi connectivity index (χ1n) is 4.62. The van der Waals surface area contributed by atoms with Crippen LogP contribution in [-0.4, -0.2) is 42.6 Å². The molecule has 1 fully saturated rings. The van der Waals surface area contributed by atoms with Gasteiger partial charge in [-0.15, -0.1) is 11.6 Å². The molecule has 0 bridgehead atoms. The summed E-state index contributed by atoms with van der Waals surface area (Å²) < 4.78 is 27.7. The van der Waals surface area contributed by atoms with Gasteiger partial charge in [-0.25, -0.2) is 8.42 Å². The molecule has 1 heterocycles. The summed E-state index contributed by atoms with van der Waals surface area (Å²) in [6, 6.07) is -0.345. The summed E-state index contributed by atoms with van der Waals surface area (Å²) in [5.41, 5.74) is 0. The van der Waals surface area contributed by atoms with E-state index in [-0.39, 0.29) is 28.8 Å². The zero-order valence-corrected chi connectivity index (χ0v) is 11.0. The SMILES string of the molecule is CC(C)OC(=S)N[C@H]1CS(=O)(=O)C[C@@H]1Cl. The Balaban J connectivity index is 2.50. The van der Waals surface area contributed by atoms with E-state index in [0.717, 1.165) is 0 Å². The Morgan fingerprint density at radius 3 is 2.53 bits per heavy atom. The molecule has 1 N–H and O–H groups in total. The van der Waals surface area contributed by atoms with E-state index in [0.29, 0.717) is 0 Å². The summed E-state index contributed by atoms with van der Waals surface area (Å²) in [5, 5.41) is 2.58. The zero-order valence-electron chi connectivity index (χ0n) is 8.57. The van der Waals surface area contributed by atoms with Crippen molar-refractivity contribution in [1.82, 2.24) is 5.32 Å². The molecule has 0 aromatic rings. The predicted molar refractivity (Wildman–Crippen MR) is 64.0 cm³/mol. The Kier molecular flexibility index (Phi) is 4.20. The molecule has 0 aromatic heterocycles. The van der Waals surface area contributed by atoms with Crippen LogP contribution in [0.3, 0.4) is 0 Å². The van der Waals surface area contributed by atoms with Gasteiger partial charge in [0, 0.05) is 0 Å². The van der Waals surface area contributed by atoms with Gasteiger partial charge in [0.15, 0.2) is 9.84 Å². The highest BCUT2D eigenvalue weighted by molar-refractivity contribution is 7.91. The second-order valence-electron chi connectivity index (χ2n) is 3.80. The summed E-state index contributed by atoms with van der Waals surface area (Å²) in [6.45, 7) is 3.69. The van der Waals surface area contributed by atoms with Crippen LogP contribution in [0.4, 0.5) is 0 Å². The van der Waals surface area contributed by atoms with Crippen LogP contribution < -0.4 is 5.32 Å². The number of alkyl halides is 1. The van der Waals surface area contributed by atoms with Crippen LogP contribution >= 0.6 is 23.8 Å². The fraction of sp³-hybridized carbons (Fsp3) is 0.875. The summed E-state index contributed by atoms with van der Waals surface area (Å²) in [4.78, 5) is 0. The van der Waals surface area contributed by atoms with Gasteiger partial charge in [0.25, 0.3) is 5.17 Å². The molecule has 2 atom stereocenters. The molecule has 1 aliphatic rings. The number of rotatable bonds is 2. The summed E-state index contributed by atoms with van der Waals surface area (Å²) in [6.07, 6.45) is -0.0308. The number of hydrogen-bond donors (Lipinski definition) is 1. The molecule has 88 valence electrons. The smallest absolute Gasteiger partial charge is 0.257 e. The van der Waals surface area contributed by atoms with Crippen molar-refractivity contribution in [1.29, 1.82) is 0 Å². The molecule has 0 spiro atoms. The number of halogens is 1. The van der Waals surface area contributed by atoms with Gasteiger partial charge < -0.3 is 10.1 Å². The molecule has 0 amide bonds. The summed E-state index contributed by atoms with van der Waals surface area (Å²) >= 11 is 10.8. The van der Waals surface area contributed by atoms with E-state index >= 15 is 0 Å². The lowest BCUT2D eigenvalue weighted by molar-refractivity contribution is 0.222. The van der Waals surface area contributed by atoms with Gasteiger partial charge >= 0.3 is 0 Å². The molecule has 1 saturated heterocycles. The average molecular weight is 272 g/mol. The Labute approximate surface area is 100 Å². The zero-order chi connectivity index (χ0) is 11.6. The first kappa shape index (κ1) is 13.0. The average Bonchev–Trinajstić information content (AvgIpc) is 2.22. The molecule has 1 aliphatic heterocycles. The van der Waals surface area contributed by atoms with Crippen LogP contribution in [0.1, 0.15) is 13.8 Å². The Morgan fingerprint density at radius 1 is 1.53 bits per heavy atom. The van der Waals surface area contributed by atoms with E-state index < -0.39 is 15.2 Å². The molecule has 0 radical (unpaired) electrons. The first-order chi connectivity index (χ1) is 6.80. The maximum atomic E-state index is 11.2. The van der Waals surface area contributed by atoms with Gasteiger partial charge in [0.05, 0.1) is 29.0 Å². The van der Waals surface area contributed by atoms with Crippen molar-refractivity contribution >= 4 is 38.8 Å². The van der Waals surface area contributed by atoms with Crippen molar-refractivity contribution in [2.24, 2.45) is 0 Å². The van der Waals surface area contributed by atoms with Gasteiger partial charge in [-0.1, -0.05) is 0 Å². The standard InChI is InChI=1S/C8H14ClNO3S2/c1-5(2)13-8(14)10-7-4-15(11,12)3-6(7)9/h5-7H,3-4H2,1-2H3,(H,10,14)/t6-,7-/m0/s1. The van der Waals surface area contributed by atoms with Crippen molar-refractivity contribution in [2.45, 2.75) is 31.4 Å². The number of ether oxygens (including phenoxy) is 1. The van der Waals surface area contributed by atoms with E-state index in [9.17, 15) is 8.42 Å². The Hall–Kier alpha value is -0.0700. The fourth-order valence-corrected chi connectivity index (χ4v) is 4.23.